The van der Waals surface area contributed by atoms with Crippen LogP contribution in [0.4, 0.5) is 0 Å². The number of Topliss-reactive ketones (excluding diaryl/α,β-unsaturated/α-hetero) is 1. The predicted octanol–water partition coefficient (Wildman–Crippen LogP) is 3.89. The molecule has 184 valence electrons. The number of aliphatic hydroxyl groups excluding tert-OH is 2. The molecule has 33 heavy (non-hydrogen) atoms. The number of unbranched alkanes of at least 4 members (excludes halogenated alkanes) is 4. The molecule has 0 aromatic heterocycles. The maximum absolute atomic E-state index is 11.7. The van der Waals surface area contributed by atoms with Crippen molar-refractivity contribution in [2.45, 2.75) is 89.4 Å². The first-order valence-electron chi connectivity index (χ1n) is 11.8. The summed E-state index contributed by atoms with van der Waals surface area (Å²) in [6.07, 6.45) is 21.4. The van der Waals surface area contributed by atoms with E-state index >= 15 is 0 Å². The second kappa shape index (κ2) is 18.0. The first-order chi connectivity index (χ1) is 16.0. The molecule has 0 bridgehead atoms. The molecule has 3 atom stereocenters. The Bertz CT molecular complexity index is 705. The van der Waals surface area contributed by atoms with Crippen LogP contribution >= 0.6 is 0 Å². The number of cyclic esters (lactones) is 1. The normalized spacial score (nSPS) is 20.0. The number of esters is 2. The summed E-state index contributed by atoms with van der Waals surface area (Å²) in [5.74, 6) is -2.54. The number of hydrogen-bond donors (Lipinski definition) is 2. The second-order valence-corrected chi connectivity index (χ2v) is 7.89. The Balaban J connectivity index is 2.01. The number of ketones is 1. The highest BCUT2D eigenvalue weighted by Gasteiger charge is 2.46. The Morgan fingerprint density at radius 3 is 2.00 bits per heavy atom. The number of aliphatic hydroxyl groups is 2. The number of ether oxygens (including phenoxy) is 2. The van der Waals surface area contributed by atoms with Crippen molar-refractivity contribution in [1.82, 2.24) is 0 Å². The zero-order chi connectivity index (χ0) is 24.3. The summed E-state index contributed by atoms with van der Waals surface area (Å²) in [4.78, 5) is 34.3. The molecule has 0 saturated carbocycles. The van der Waals surface area contributed by atoms with Crippen LogP contribution in [-0.4, -0.2) is 52.9 Å². The van der Waals surface area contributed by atoms with E-state index in [1.165, 1.54) is 25.7 Å². The maximum atomic E-state index is 11.7. The standard InChI is InChI=1S/C26H38O7/c1-2-3-4-5-6-7-8-9-10-11-12-13-14-15-16-17-18-19-22(28)32-20-21(27)25-23(29)24(30)26(31)33-25/h6-7,9-10,12-13,15-16,21,24-25,27,30H,2-5,8,11,14,17-20H2,1H3/t21-,24?,25+/m0/s1. The van der Waals surface area contributed by atoms with Gasteiger partial charge in [-0.3, -0.25) is 9.59 Å². The molecule has 1 rings (SSSR count). The van der Waals surface area contributed by atoms with Gasteiger partial charge in [0.05, 0.1) is 0 Å². The Morgan fingerprint density at radius 1 is 0.939 bits per heavy atom. The maximum Gasteiger partial charge on any atom is 0.343 e. The molecular formula is C26H38O7. The third-order valence-corrected chi connectivity index (χ3v) is 4.99. The van der Waals surface area contributed by atoms with E-state index in [-0.39, 0.29) is 6.42 Å². The van der Waals surface area contributed by atoms with Crippen molar-refractivity contribution in [3.63, 3.8) is 0 Å². The fourth-order valence-electron chi connectivity index (χ4n) is 3.05. The summed E-state index contributed by atoms with van der Waals surface area (Å²) < 4.78 is 9.48. The van der Waals surface area contributed by atoms with Crippen molar-refractivity contribution < 1.29 is 34.1 Å². The van der Waals surface area contributed by atoms with E-state index in [1.807, 2.05) is 12.2 Å². The molecular weight excluding hydrogens is 424 g/mol. The van der Waals surface area contributed by atoms with Gasteiger partial charge in [-0.25, -0.2) is 4.79 Å². The first kappa shape index (κ1) is 28.5. The third kappa shape index (κ3) is 12.9. The molecule has 1 heterocycles. The molecule has 0 amide bonds. The van der Waals surface area contributed by atoms with Gasteiger partial charge in [0.15, 0.2) is 6.10 Å². The highest BCUT2D eigenvalue weighted by molar-refractivity contribution is 6.09. The summed E-state index contributed by atoms with van der Waals surface area (Å²) in [6, 6.07) is 0. The van der Waals surface area contributed by atoms with Crippen molar-refractivity contribution in [1.29, 1.82) is 0 Å². The monoisotopic (exact) mass is 462 g/mol. The number of carbonyl (C=O) groups excluding carboxylic acids is 3. The molecule has 7 nitrogen and oxygen atoms in total. The van der Waals surface area contributed by atoms with Crippen LogP contribution in [0.2, 0.25) is 0 Å². The average Bonchev–Trinajstić information content (AvgIpc) is 3.06. The van der Waals surface area contributed by atoms with Gasteiger partial charge in [-0.05, 0) is 44.9 Å². The van der Waals surface area contributed by atoms with Crippen LogP contribution < -0.4 is 0 Å². The fraction of sp³-hybridized carbons (Fsp3) is 0.577. The SMILES string of the molecule is CCCCCC=CCC=CCC=CCC=CCCCC(=O)OC[C@H](O)[C@H]1OC(=O)C(O)C1=O. The Hall–Kier alpha value is -2.51. The molecule has 7 heteroatoms. The van der Waals surface area contributed by atoms with Crippen molar-refractivity contribution in [2.24, 2.45) is 0 Å². The molecule has 1 saturated heterocycles. The second-order valence-electron chi connectivity index (χ2n) is 7.89. The Morgan fingerprint density at radius 2 is 1.48 bits per heavy atom. The van der Waals surface area contributed by atoms with Crippen LogP contribution in [0, 0.1) is 0 Å². The van der Waals surface area contributed by atoms with Crippen LogP contribution in [0.5, 0.6) is 0 Å². The number of hydrogen-bond acceptors (Lipinski definition) is 7. The molecule has 0 aromatic carbocycles. The van der Waals surface area contributed by atoms with Gasteiger partial charge in [-0.2, -0.15) is 0 Å². The number of allylic oxidation sites excluding steroid dienone is 8. The fourth-order valence-corrected chi connectivity index (χ4v) is 3.05. The molecule has 2 N–H and O–H groups in total. The van der Waals surface area contributed by atoms with E-state index in [9.17, 15) is 24.6 Å². The minimum atomic E-state index is -1.88. The van der Waals surface area contributed by atoms with E-state index in [0.29, 0.717) is 6.42 Å². The van der Waals surface area contributed by atoms with Gasteiger partial charge in [0.1, 0.15) is 12.7 Å². The summed E-state index contributed by atoms with van der Waals surface area (Å²) in [6.45, 7) is 1.74. The van der Waals surface area contributed by atoms with Gasteiger partial charge >= 0.3 is 11.9 Å². The minimum Gasteiger partial charge on any atom is -0.463 e. The summed E-state index contributed by atoms with van der Waals surface area (Å²) >= 11 is 0. The molecule has 0 aromatic rings. The molecule has 1 aliphatic rings. The first-order valence-corrected chi connectivity index (χ1v) is 11.8. The van der Waals surface area contributed by atoms with Crippen molar-refractivity contribution >= 4 is 17.7 Å². The van der Waals surface area contributed by atoms with Crippen LogP contribution in [0.3, 0.4) is 0 Å². The molecule has 1 aliphatic heterocycles. The lowest BCUT2D eigenvalue weighted by molar-refractivity contribution is -0.156. The summed E-state index contributed by atoms with van der Waals surface area (Å²) in [5.41, 5.74) is 0. The van der Waals surface area contributed by atoms with E-state index in [1.54, 1.807) is 0 Å². The van der Waals surface area contributed by atoms with E-state index in [2.05, 4.69) is 48.1 Å². The van der Waals surface area contributed by atoms with Crippen molar-refractivity contribution in [2.75, 3.05) is 6.61 Å². The molecule has 0 radical (unpaired) electrons. The van der Waals surface area contributed by atoms with Crippen LogP contribution in [0.1, 0.15) is 71.1 Å². The van der Waals surface area contributed by atoms with E-state index in [4.69, 9.17) is 4.74 Å². The van der Waals surface area contributed by atoms with Crippen LogP contribution in [-0.2, 0) is 23.9 Å². The number of carbonyl (C=O) groups is 3. The largest absolute Gasteiger partial charge is 0.463 e. The van der Waals surface area contributed by atoms with Gasteiger partial charge in [-0.1, -0.05) is 68.4 Å². The lowest BCUT2D eigenvalue weighted by Gasteiger charge is -2.15. The average molecular weight is 463 g/mol. The van der Waals surface area contributed by atoms with Crippen molar-refractivity contribution in [3.05, 3.63) is 48.6 Å². The van der Waals surface area contributed by atoms with Gasteiger partial charge in [0.2, 0.25) is 11.9 Å². The molecule has 0 spiro atoms. The van der Waals surface area contributed by atoms with Crippen LogP contribution in [0.25, 0.3) is 0 Å². The minimum absolute atomic E-state index is 0.172. The van der Waals surface area contributed by atoms with Gasteiger partial charge in [0.25, 0.3) is 0 Å². The zero-order valence-corrected chi connectivity index (χ0v) is 19.6. The van der Waals surface area contributed by atoms with Crippen LogP contribution in [0.15, 0.2) is 48.6 Å². The Kier molecular flexibility index (Phi) is 15.5. The Labute approximate surface area is 196 Å². The van der Waals surface area contributed by atoms with Gasteiger partial charge in [0, 0.05) is 6.42 Å². The van der Waals surface area contributed by atoms with Crippen molar-refractivity contribution in [3.8, 4) is 0 Å². The summed E-state index contributed by atoms with van der Waals surface area (Å²) in [5, 5.41) is 19.0. The third-order valence-electron chi connectivity index (χ3n) is 4.99. The topological polar surface area (TPSA) is 110 Å². The van der Waals surface area contributed by atoms with Gasteiger partial charge in [-0.15, -0.1) is 0 Å². The molecule has 1 unspecified atom stereocenters. The van der Waals surface area contributed by atoms with Gasteiger partial charge < -0.3 is 19.7 Å². The smallest absolute Gasteiger partial charge is 0.343 e. The summed E-state index contributed by atoms with van der Waals surface area (Å²) in [7, 11) is 0. The lowest BCUT2D eigenvalue weighted by atomic mass is 10.1. The lowest BCUT2D eigenvalue weighted by Crippen LogP contribution is -2.38. The predicted molar refractivity (Wildman–Crippen MR) is 126 cm³/mol. The number of rotatable bonds is 17. The highest BCUT2D eigenvalue weighted by atomic mass is 16.6. The highest BCUT2D eigenvalue weighted by Crippen LogP contribution is 2.15. The molecule has 0 aliphatic carbocycles. The molecule has 1 fully saturated rings. The van der Waals surface area contributed by atoms with E-state index in [0.717, 1.165) is 25.7 Å². The zero-order valence-electron chi connectivity index (χ0n) is 19.6. The van der Waals surface area contributed by atoms with E-state index < -0.39 is 42.6 Å². The quantitative estimate of drug-likeness (QED) is 0.146.